The van der Waals surface area contributed by atoms with Crippen molar-refractivity contribution >= 4 is 23.5 Å². The number of amides is 2. The Labute approximate surface area is 133 Å². The number of hydrogen-bond acceptors (Lipinski definition) is 4. The number of imide groups is 1. The quantitative estimate of drug-likeness (QED) is 0.364. The molecule has 4 atom stereocenters. The maximum Gasteiger partial charge on any atom is 0.308 e. The molecule has 0 N–H and O–H groups in total. The van der Waals surface area contributed by atoms with Crippen LogP contribution in [0.3, 0.4) is 0 Å². The van der Waals surface area contributed by atoms with Crippen LogP contribution >= 0.6 is 0 Å². The molecule has 1 aliphatic heterocycles. The third-order valence-electron chi connectivity index (χ3n) is 5.10. The van der Waals surface area contributed by atoms with Crippen LogP contribution in [0.4, 0.5) is 5.69 Å². The van der Waals surface area contributed by atoms with Crippen LogP contribution in [0.15, 0.2) is 36.4 Å². The van der Waals surface area contributed by atoms with Gasteiger partial charge in [0.25, 0.3) is 0 Å². The van der Waals surface area contributed by atoms with Gasteiger partial charge in [-0.05, 0) is 36.8 Å². The van der Waals surface area contributed by atoms with Crippen molar-refractivity contribution in [1.29, 1.82) is 0 Å². The Hall–Kier alpha value is -2.43. The fraction of sp³-hybridized carbons (Fsp3) is 0.389. The second kappa shape index (κ2) is 5.05. The van der Waals surface area contributed by atoms with Crippen LogP contribution in [0.5, 0.6) is 5.75 Å². The first-order valence-corrected chi connectivity index (χ1v) is 7.91. The second-order valence-corrected chi connectivity index (χ2v) is 6.44. The van der Waals surface area contributed by atoms with Gasteiger partial charge >= 0.3 is 5.97 Å². The third kappa shape index (κ3) is 2.11. The van der Waals surface area contributed by atoms with E-state index in [1.807, 2.05) is 0 Å². The predicted molar refractivity (Wildman–Crippen MR) is 82.6 cm³/mol. The number of benzene rings is 1. The first-order valence-electron chi connectivity index (χ1n) is 7.91. The molecule has 1 saturated carbocycles. The average molecular weight is 311 g/mol. The van der Waals surface area contributed by atoms with Crippen molar-refractivity contribution in [3.63, 3.8) is 0 Å². The highest BCUT2D eigenvalue weighted by Crippen LogP contribution is 2.50. The van der Waals surface area contributed by atoms with Gasteiger partial charge in [-0.15, -0.1) is 0 Å². The van der Waals surface area contributed by atoms with Gasteiger partial charge in [0.15, 0.2) is 0 Å². The van der Waals surface area contributed by atoms with Crippen molar-refractivity contribution in [2.45, 2.75) is 19.8 Å². The van der Waals surface area contributed by atoms with E-state index in [2.05, 4.69) is 12.2 Å². The van der Waals surface area contributed by atoms with Crippen LogP contribution < -0.4 is 9.64 Å². The summed E-state index contributed by atoms with van der Waals surface area (Å²) < 4.78 is 5.06. The minimum absolute atomic E-state index is 0.126. The molecule has 0 unspecified atom stereocenters. The van der Waals surface area contributed by atoms with Gasteiger partial charge in [-0.1, -0.05) is 18.2 Å². The number of rotatable bonds is 2. The molecule has 1 heterocycles. The Kier molecular flexibility index (Phi) is 3.11. The van der Waals surface area contributed by atoms with Crippen molar-refractivity contribution in [3.8, 4) is 5.75 Å². The number of carbonyl (C=O) groups excluding carboxylic acids is 3. The van der Waals surface area contributed by atoms with Crippen LogP contribution in [0.25, 0.3) is 0 Å². The molecule has 0 radical (unpaired) electrons. The zero-order valence-corrected chi connectivity index (χ0v) is 12.8. The van der Waals surface area contributed by atoms with E-state index >= 15 is 0 Å². The van der Waals surface area contributed by atoms with Crippen LogP contribution in [0.1, 0.15) is 19.8 Å². The van der Waals surface area contributed by atoms with E-state index in [0.717, 1.165) is 12.8 Å². The Morgan fingerprint density at radius 1 is 1.09 bits per heavy atom. The predicted octanol–water partition coefficient (Wildman–Crippen LogP) is 2.31. The smallest absolute Gasteiger partial charge is 0.308 e. The van der Waals surface area contributed by atoms with Gasteiger partial charge in [0, 0.05) is 13.0 Å². The summed E-state index contributed by atoms with van der Waals surface area (Å²) in [6.07, 6.45) is 6.14. The highest BCUT2D eigenvalue weighted by Gasteiger charge is 2.56. The zero-order valence-electron chi connectivity index (χ0n) is 12.8. The Morgan fingerprint density at radius 3 is 2.22 bits per heavy atom. The molecule has 2 fully saturated rings. The Bertz CT molecular complexity index is 706. The van der Waals surface area contributed by atoms with E-state index in [1.165, 1.54) is 11.8 Å². The Balaban J connectivity index is 1.69. The monoisotopic (exact) mass is 311 g/mol. The number of esters is 1. The highest BCUT2D eigenvalue weighted by molar-refractivity contribution is 6.22. The summed E-state index contributed by atoms with van der Waals surface area (Å²) in [6, 6.07) is 6.59. The lowest BCUT2D eigenvalue weighted by molar-refractivity contribution is -0.132. The number of ether oxygens (including phenoxy) is 1. The van der Waals surface area contributed by atoms with Crippen molar-refractivity contribution in [1.82, 2.24) is 0 Å². The number of anilines is 1. The summed E-state index contributed by atoms with van der Waals surface area (Å²) in [5.74, 6) is -0.472. The van der Waals surface area contributed by atoms with Crippen LogP contribution in [0, 0.1) is 23.7 Å². The van der Waals surface area contributed by atoms with Gasteiger partial charge in [-0.2, -0.15) is 0 Å². The molecule has 5 nitrogen and oxygen atoms in total. The molecule has 0 spiro atoms. The van der Waals surface area contributed by atoms with E-state index in [0.29, 0.717) is 11.4 Å². The molecule has 1 saturated heterocycles. The van der Waals surface area contributed by atoms with Crippen molar-refractivity contribution in [2.75, 3.05) is 4.90 Å². The van der Waals surface area contributed by atoms with Crippen molar-refractivity contribution < 1.29 is 19.1 Å². The summed E-state index contributed by atoms with van der Waals surface area (Å²) in [5, 5.41) is 0. The SMILES string of the molecule is CC(=O)Oc1cccc(N2C(=O)[C@@H]3[C@H](C2=O)[C@@H]2C=C[C@@H]3CC2)c1. The van der Waals surface area contributed by atoms with Crippen LogP contribution in [0.2, 0.25) is 0 Å². The second-order valence-electron chi connectivity index (χ2n) is 6.44. The molecule has 1 aromatic carbocycles. The lowest BCUT2D eigenvalue weighted by atomic mass is 9.63. The van der Waals surface area contributed by atoms with Gasteiger partial charge in [0.1, 0.15) is 5.75 Å². The fourth-order valence-electron chi connectivity index (χ4n) is 4.18. The first-order chi connectivity index (χ1) is 11.1. The maximum absolute atomic E-state index is 12.8. The minimum atomic E-state index is -0.433. The summed E-state index contributed by atoms with van der Waals surface area (Å²) in [6.45, 7) is 1.32. The van der Waals surface area contributed by atoms with Gasteiger partial charge in [-0.3, -0.25) is 14.4 Å². The molecular weight excluding hydrogens is 294 g/mol. The van der Waals surface area contributed by atoms with E-state index < -0.39 is 5.97 Å². The number of fused-ring (bicyclic) bond motifs is 1. The average Bonchev–Trinajstić information content (AvgIpc) is 2.82. The van der Waals surface area contributed by atoms with E-state index in [-0.39, 0.29) is 35.5 Å². The summed E-state index contributed by atoms with van der Waals surface area (Å²) in [5.41, 5.74) is 0.479. The number of nitrogens with zero attached hydrogens (tertiary/aromatic N) is 1. The summed E-state index contributed by atoms with van der Waals surface area (Å²) in [7, 11) is 0. The molecule has 0 aromatic heterocycles. The number of hydrogen-bond donors (Lipinski definition) is 0. The van der Waals surface area contributed by atoms with E-state index in [1.54, 1.807) is 24.3 Å². The largest absolute Gasteiger partial charge is 0.427 e. The summed E-state index contributed by atoms with van der Waals surface area (Å²) in [4.78, 5) is 38.0. The van der Waals surface area contributed by atoms with E-state index in [9.17, 15) is 14.4 Å². The normalized spacial score (nSPS) is 31.4. The van der Waals surface area contributed by atoms with Gasteiger partial charge in [-0.25, -0.2) is 4.90 Å². The molecule has 4 aliphatic rings. The molecule has 3 aliphatic carbocycles. The first kappa shape index (κ1) is 14.2. The standard InChI is InChI=1S/C18H17NO4/c1-10(20)23-14-4-2-3-13(9-14)19-17(21)15-11-5-6-12(8-7-11)16(15)18(19)22/h2-6,9,11-12,15-16H,7-8H2,1H3/t11-,12-,15-,16+/m1/s1. The number of allylic oxidation sites excluding steroid dienone is 2. The lowest BCUT2D eigenvalue weighted by Crippen LogP contribution is -2.38. The van der Waals surface area contributed by atoms with Gasteiger partial charge in [0.05, 0.1) is 17.5 Å². The van der Waals surface area contributed by atoms with Crippen LogP contribution in [-0.2, 0) is 14.4 Å². The molecule has 2 bridgehead atoms. The molecule has 5 rings (SSSR count). The minimum Gasteiger partial charge on any atom is -0.427 e. The van der Waals surface area contributed by atoms with Crippen molar-refractivity contribution in [2.24, 2.45) is 23.7 Å². The lowest BCUT2D eigenvalue weighted by Gasteiger charge is -2.38. The number of carbonyl (C=O) groups is 3. The van der Waals surface area contributed by atoms with Gasteiger partial charge < -0.3 is 4.74 Å². The van der Waals surface area contributed by atoms with Crippen molar-refractivity contribution in [3.05, 3.63) is 36.4 Å². The molecule has 23 heavy (non-hydrogen) atoms. The highest BCUT2D eigenvalue weighted by atomic mass is 16.5. The molecule has 5 heteroatoms. The molecule has 118 valence electrons. The van der Waals surface area contributed by atoms with E-state index in [4.69, 9.17) is 4.74 Å². The fourth-order valence-corrected chi connectivity index (χ4v) is 4.18. The molecule has 2 amide bonds. The molecular formula is C18H17NO4. The zero-order chi connectivity index (χ0) is 16.1. The van der Waals surface area contributed by atoms with Gasteiger partial charge in [0.2, 0.25) is 11.8 Å². The Morgan fingerprint density at radius 2 is 1.70 bits per heavy atom. The molecule has 1 aromatic rings. The van der Waals surface area contributed by atoms with Crippen LogP contribution in [-0.4, -0.2) is 17.8 Å². The maximum atomic E-state index is 12.8. The topological polar surface area (TPSA) is 63.7 Å². The summed E-state index contributed by atoms with van der Waals surface area (Å²) >= 11 is 0. The third-order valence-corrected chi connectivity index (χ3v) is 5.10.